The Labute approximate surface area is 195 Å². The van der Waals surface area contributed by atoms with Crippen molar-refractivity contribution in [2.45, 2.75) is 24.8 Å². The van der Waals surface area contributed by atoms with Crippen LogP contribution in [0.25, 0.3) is 21.9 Å². The molecule has 4 aromatic rings. The zero-order chi connectivity index (χ0) is 24.0. The second kappa shape index (κ2) is 8.25. The third kappa shape index (κ3) is 3.92. The molecular weight excluding hydrogens is 457 g/mol. The van der Waals surface area contributed by atoms with Crippen molar-refractivity contribution in [2.24, 2.45) is 0 Å². The van der Waals surface area contributed by atoms with Gasteiger partial charge >= 0.3 is 0 Å². The predicted octanol–water partition coefficient (Wildman–Crippen LogP) is 3.99. The van der Waals surface area contributed by atoms with Crippen molar-refractivity contribution >= 4 is 26.4 Å². The summed E-state index contributed by atoms with van der Waals surface area (Å²) in [5.74, 6) is 0.882. The van der Waals surface area contributed by atoms with Gasteiger partial charge in [0.1, 0.15) is 17.4 Å². The smallest absolute Gasteiger partial charge is 0.248 e. The van der Waals surface area contributed by atoms with E-state index < -0.39 is 9.84 Å². The van der Waals surface area contributed by atoms with Crippen molar-refractivity contribution in [1.29, 1.82) is 0 Å². The molecule has 0 saturated heterocycles. The van der Waals surface area contributed by atoms with Crippen LogP contribution in [0.4, 0.5) is 10.2 Å². The molecule has 0 saturated carbocycles. The lowest BCUT2D eigenvalue weighted by atomic mass is 9.97. The van der Waals surface area contributed by atoms with E-state index in [0.29, 0.717) is 46.5 Å². The van der Waals surface area contributed by atoms with Crippen molar-refractivity contribution in [1.82, 2.24) is 9.97 Å². The number of anilines is 1. The molecule has 9 heteroatoms. The first-order chi connectivity index (χ1) is 16.2. The lowest BCUT2D eigenvalue weighted by molar-refractivity contribution is 0.356. The van der Waals surface area contributed by atoms with Gasteiger partial charge in [0.15, 0.2) is 9.84 Å². The number of hydrogen-bond donors (Lipinski definition) is 2. The Morgan fingerprint density at radius 2 is 1.97 bits per heavy atom. The van der Waals surface area contributed by atoms with Crippen LogP contribution in [0, 0.1) is 12.7 Å². The van der Waals surface area contributed by atoms with E-state index in [1.165, 1.54) is 12.1 Å². The van der Waals surface area contributed by atoms with E-state index in [1.54, 1.807) is 36.7 Å². The Morgan fingerprint density at radius 1 is 1.15 bits per heavy atom. The summed E-state index contributed by atoms with van der Waals surface area (Å²) in [7, 11) is -3.34. The molecule has 174 valence electrons. The zero-order valence-electron chi connectivity index (χ0n) is 18.6. The molecule has 1 aliphatic heterocycles. The minimum Gasteiger partial charge on any atom is -0.493 e. The number of sulfone groups is 1. The van der Waals surface area contributed by atoms with E-state index in [1.807, 2.05) is 6.92 Å². The molecule has 0 aliphatic carbocycles. The van der Waals surface area contributed by atoms with Crippen LogP contribution in [0.15, 0.2) is 58.5 Å². The van der Waals surface area contributed by atoms with Crippen molar-refractivity contribution in [2.75, 3.05) is 18.2 Å². The van der Waals surface area contributed by atoms with Crippen molar-refractivity contribution < 1.29 is 17.5 Å². The molecule has 0 fully saturated rings. The highest BCUT2D eigenvalue weighted by Crippen LogP contribution is 2.34. The van der Waals surface area contributed by atoms with Gasteiger partial charge in [-0.2, -0.15) is 0 Å². The fourth-order valence-corrected chi connectivity index (χ4v) is 5.07. The van der Waals surface area contributed by atoms with Crippen molar-refractivity contribution in [3.05, 3.63) is 81.7 Å². The van der Waals surface area contributed by atoms with E-state index in [0.717, 1.165) is 22.9 Å². The molecule has 0 spiro atoms. The molecule has 1 aliphatic rings. The summed E-state index contributed by atoms with van der Waals surface area (Å²) in [4.78, 5) is 19.6. The fraction of sp³-hybridized carbons (Fsp3) is 0.200. The van der Waals surface area contributed by atoms with Crippen LogP contribution in [0.2, 0.25) is 0 Å². The molecule has 3 heterocycles. The fourth-order valence-electron chi connectivity index (χ4n) is 4.36. The zero-order valence-corrected chi connectivity index (χ0v) is 19.4. The standard InChI is InChI=1S/C25H22FN3O4S/c1-14-9-15(34(2,31)32)3-4-16(14)19-11-28-25(21-13-27-24(30)10-18(19)21)29-12-20-17-7-8-33-23(17)6-5-22(20)26/h3-6,9-11,13H,7-8,12H2,1-2H3,(H,27,30)(H,28,29). The van der Waals surface area contributed by atoms with Gasteiger partial charge in [0.05, 0.1) is 11.5 Å². The summed E-state index contributed by atoms with van der Waals surface area (Å²) < 4.78 is 43.9. The largest absolute Gasteiger partial charge is 0.493 e. The molecule has 0 bridgehead atoms. The van der Waals surface area contributed by atoms with Gasteiger partial charge in [0.2, 0.25) is 5.56 Å². The average molecular weight is 480 g/mol. The molecule has 2 aromatic heterocycles. The van der Waals surface area contributed by atoms with Crippen molar-refractivity contribution in [3.8, 4) is 16.9 Å². The summed E-state index contributed by atoms with van der Waals surface area (Å²) in [5, 5.41) is 4.52. The first kappa shape index (κ1) is 22.1. The average Bonchev–Trinajstić information content (AvgIpc) is 3.27. The highest BCUT2D eigenvalue weighted by Gasteiger charge is 2.20. The van der Waals surface area contributed by atoms with Gasteiger partial charge in [0.25, 0.3) is 0 Å². The van der Waals surface area contributed by atoms with Crippen LogP contribution in [-0.4, -0.2) is 31.2 Å². The highest BCUT2D eigenvalue weighted by atomic mass is 32.2. The maximum Gasteiger partial charge on any atom is 0.248 e. The van der Waals surface area contributed by atoms with E-state index >= 15 is 0 Å². The molecule has 2 aromatic carbocycles. The Hall–Kier alpha value is -3.72. The summed E-state index contributed by atoms with van der Waals surface area (Å²) >= 11 is 0. The van der Waals surface area contributed by atoms with Crippen LogP contribution in [0.3, 0.4) is 0 Å². The number of fused-ring (bicyclic) bond motifs is 2. The normalized spacial score (nSPS) is 13.0. The quantitative estimate of drug-likeness (QED) is 0.449. The number of benzene rings is 2. The maximum atomic E-state index is 14.6. The van der Waals surface area contributed by atoms with Crippen LogP contribution in [-0.2, 0) is 22.8 Å². The number of nitrogens with zero attached hydrogens (tertiary/aromatic N) is 1. The second-order valence-corrected chi connectivity index (χ2v) is 10.4. The monoisotopic (exact) mass is 479 g/mol. The molecule has 2 N–H and O–H groups in total. The topological polar surface area (TPSA) is 101 Å². The molecule has 7 nitrogen and oxygen atoms in total. The van der Waals surface area contributed by atoms with Crippen LogP contribution in [0.1, 0.15) is 16.7 Å². The van der Waals surface area contributed by atoms with Crippen molar-refractivity contribution in [3.63, 3.8) is 0 Å². The minimum atomic E-state index is -3.34. The number of aromatic nitrogens is 2. The summed E-state index contributed by atoms with van der Waals surface area (Å²) in [6.45, 7) is 2.55. The van der Waals surface area contributed by atoms with Gasteiger partial charge in [-0.3, -0.25) is 4.79 Å². The number of ether oxygens (including phenoxy) is 1. The third-order valence-electron chi connectivity index (χ3n) is 6.08. The number of halogens is 1. The lowest BCUT2D eigenvalue weighted by Gasteiger charge is -2.15. The third-order valence-corrected chi connectivity index (χ3v) is 7.19. The number of pyridine rings is 2. The molecule has 0 unspecified atom stereocenters. The second-order valence-electron chi connectivity index (χ2n) is 8.35. The Balaban J connectivity index is 1.57. The number of hydrogen-bond acceptors (Lipinski definition) is 6. The predicted molar refractivity (Wildman–Crippen MR) is 129 cm³/mol. The van der Waals surface area contributed by atoms with E-state index in [4.69, 9.17) is 4.74 Å². The van der Waals surface area contributed by atoms with Crippen LogP contribution in [0.5, 0.6) is 5.75 Å². The first-order valence-electron chi connectivity index (χ1n) is 10.7. The first-order valence-corrected chi connectivity index (χ1v) is 12.6. The van der Waals surface area contributed by atoms with Gasteiger partial charge in [-0.15, -0.1) is 0 Å². The van der Waals surface area contributed by atoms with Gasteiger partial charge in [-0.1, -0.05) is 6.07 Å². The lowest BCUT2D eigenvalue weighted by Crippen LogP contribution is -2.09. The highest BCUT2D eigenvalue weighted by molar-refractivity contribution is 7.90. The summed E-state index contributed by atoms with van der Waals surface area (Å²) in [6.07, 6.45) is 5.02. The SMILES string of the molecule is Cc1cc(S(C)(=O)=O)ccc1-c1cnc(NCc2c(F)ccc3c2CCO3)c2c[nH]c(=O)cc12. The Kier molecular flexibility index (Phi) is 5.36. The van der Waals surface area contributed by atoms with E-state index in [9.17, 15) is 17.6 Å². The molecule has 0 radical (unpaired) electrons. The maximum absolute atomic E-state index is 14.6. The molecule has 0 atom stereocenters. The summed E-state index contributed by atoms with van der Waals surface area (Å²) in [6, 6.07) is 9.40. The Morgan fingerprint density at radius 3 is 2.74 bits per heavy atom. The van der Waals surface area contributed by atoms with Crippen LogP contribution < -0.4 is 15.6 Å². The molecule has 0 amide bonds. The van der Waals surface area contributed by atoms with E-state index in [2.05, 4.69) is 15.3 Å². The number of nitrogens with one attached hydrogen (secondary N) is 2. The van der Waals surface area contributed by atoms with Crippen LogP contribution >= 0.6 is 0 Å². The minimum absolute atomic E-state index is 0.209. The number of rotatable bonds is 5. The molecule has 34 heavy (non-hydrogen) atoms. The number of H-pyrrole nitrogens is 1. The van der Waals surface area contributed by atoms with Gasteiger partial charge in [-0.25, -0.2) is 17.8 Å². The van der Waals surface area contributed by atoms with Gasteiger partial charge in [0, 0.05) is 65.1 Å². The van der Waals surface area contributed by atoms with Gasteiger partial charge < -0.3 is 15.0 Å². The summed E-state index contributed by atoms with van der Waals surface area (Å²) in [5.41, 5.74) is 3.32. The molecule has 5 rings (SSSR count). The van der Waals surface area contributed by atoms with E-state index in [-0.39, 0.29) is 22.8 Å². The molecular formula is C25H22FN3O4S. The number of aromatic amines is 1. The number of aryl methyl sites for hydroxylation is 1. The van der Waals surface area contributed by atoms with Gasteiger partial charge in [-0.05, 0) is 42.3 Å². The Bertz CT molecular complexity index is 1610.